The fourth-order valence-corrected chi connectivity index (χ4v) is 3.24. The van der Waals surface area contributed by atoms with Crippen LogP contribution < -0.4 is 5.32 Å². The van der Waals surface area contributed by atoms with Crippen molar-refractivity contribution in [2.75, 3.05) is 5.32 Å². The Bertz CT molecular complexity index is 1200. The van der Waals surface area contributed by atoms with E-state index in [1.165, 1.54) is 0 Å². The second-order valence-electron chi connectivity index (χ2n) is 6.26. The Kier molecular flexibility index (Phi) is 4.66. The third-order valence-corrected chi connectivity index (χ3v) is 4.68. The lowest BCUT2D eigenvalue weighted by Crippen LogP contribution is -2.06. The molecule has 2 N–H and O–H groups in total. The number of hydrogen-bond donors (Lipinski definition) is 2. The number of alkyl halides is 3. The quantitative estimate of drug-likeness (QED) is 0.351. The van der Waals surface area contributed by atoms with E-state index in [-0.39, 0.29) is 27.4 Å². The number of fused-ring (bicyclic) bond motifs is 1. The maximum absolute atomic E-state index is 14.7. The predicted octanol–water partition coefficient (Wildman–Crippen LogP) is 6.92. The highest BCUT2D eigenvalue weighted by Crippen LogP contribution is 2.38. The molecule has 0 spiro atoms. The Labute approximate surface area is 166 Å². The number of hydrogen-bond acceptors (Lipinski definition) is 2. The van der Waals surface area contributed by atoms with Gasteiger partial charge in [0.1, 0.15) is 11.3 Å². The number of aromatic nitrogens is 2. The van der Waals surface area contributed by atoms with Crippen molar-refractivity contribution in [3.8, 4) is 11.1 Å². The van der Waals surface area contributed by atoms with Gasteiger partial charge >= 0.3 is 6.18 Å². The van der Waals surface area contributed by atoms with E-state index in [4.69, 9.17) is 11.6 Å². The molecular weight excluding hydrogens is 413 g/mol. The summed E-state index contributed by atoms with van der Waals surface area (Å²) in [5.41, 5.74) is -0.321. The molecule has 0 aliphatic carbocycles. The van der Waals surface area contributed by atoms with Gasteiger partial charge in [0.15, 0.2) is 11.6 Å². The highest BCUT2D eigenvalue weighted by atomic mass is 35.5. The molecule has 0 aliphatic rings. The van der Waals surface area contributed by atoms with Crippen LogP contribution >= 0.6 is 11.6 Å². The molecule has 9 heteroatoms. The molecule has 0 atom stereocenters. The summed E-state index contributed by atoms with van der Waals surface area (Å²) < 4.78 is 67.2. The molecule has 0 saturated heterocycles. The van der Waals surface area contributed by atoms with Crippen molar-refractivity contribution >= 4 is 34.0 Å². The zero-order valence-electron chi connectivity index (χ0n) is 14.4. The highest BCUT2D eigenvalue weighted by Gasteiger charge is 2.31. The summed E-state index contributed by atoms with van der Waals surface area (Å²) >= 11 is 6.15. The number of halogens is 6. The molecule has 0 amide bonds. The van der Waals surface area contributed by atoms with E-state index in [1.807, 2.05) is 0 Å². The molecule has 0 aliphatic heterocycles. The van der Waals surface area contributed by atoms with Crippen LogP contribution in [0.2, 0.25) is 5.02 Å². The summed E-state index contributed by atoms with van der Waals surface area (Å²) in [5.74, 6) is -1.79. The summed E-state index contributed by atoms with van der Waals surface area (Å²) in [6.07, 6.45) is -4.72. The average molecular weight is 424 g/mol. The molecule has 0 unspecified atom stereocenters. The maximum Gasteiger partial charge on any atom is 0.416 e. The van der Waals surface area contributed by atoms with Crippen LogP contribution in [0.4, 0.5) is 33.5 Å². The Balaban J connectivity index is 1.82. The van der Waals surface area contributed by atoms with Crippen molar-refractivity contribution in [3.05, 3.63) is 76.8 Å². The van der Waals surface area contributed by atoms with Crippen LogP contribution in [-0.4, -0.2) is 10.2 Å². The Morgan fingerprint density at radius 1 is 0.966 bits per heavy atom. The van der Waals surface area contributed by atoms with Gasteiger partial charge in [-0.3, -0.25) is 5.10 Å². The van der Waals surface area contributed by atoms with E-state index in [1.54, 1.807) is 36.4 Å². The molecule has 4 rings (SSSR count). The predicted molar refractivity (Wildman–Crippen MR) is 101 cm³/mol. The molecule has 148 valence electrons. The van der Waals surface area contributed by atoms with E-state index in [2.05, 4.69) is 15.5 Å². The first-order valence-corrected chi connectivity index (χ1v) is 8.68. The minimum Gasteiger partial charge on any atom is -0.338 e. The number of aromatic amines is 1. The zero-order valence-corrected chi connectivity index (χ0v) is 15.2. The van der Waals surface area contributed by atoms with Crippen LogP contribution in [0.3, 0.4) is 0 Å². The van der Waals surface area contributed by atoms with Crippen molar-refractivity contribution < 1.29 is 22.0 Å². The van der Waals surface area contributed by atoms with Crippen molar-refractivity contribution in [2.24, 2.45) is 0 Å². The first kappa shape index (κ1) is 19.2. The van der Waals surface area contributed by atoms with E-state index < -0.39 is 23.4 Å². The second kappa shape index (κ2) is 7.04. The van der Waals surface area contributed by atoms with Crippen LogP contribution in [0.5, 0.6) is 0 Å². The normalized spacial score (nSPS) is 11.8. The van der Waals surface area contributed by atoms with Gasteiger partial charge in [-0.1, -0.05) is 41.9 Å². The number of rotatable bonds is 3. The van der Waals surface area contributed by atoms with Gasteiger partial charge in [0.25, 0.3) is 0 Å². The molecule has 3 nitrogen and oxygen atoms in total. The van der Waals surface area contributed by atoms with Gasteiger partial charge < -0.3 is 5.32 Å². The number of benzene rings is 3. The molecule has 1 aromatic heterocycles. The molecule has 0 radical (unpaired) electrons. The van der Waals surface area contributed by atoms with Crippen molar-refractivity contribution in [2.45, 2.75) is 6.18 Å². The lowest BCUT2D eigenvalue weighted by atomic mass is 10.0. The molecule has 4 aromatic rings. The van der Waals surface area contributed by atoms with E-state index in [9.17, 15) is 22.0 Å². The number of nitrogens with zero attached hydrogens (tertiary/aromatic N) is 1. The molecule has 3 aromatic carbocycles. The highest BCUT2D eigenvalue weighted by molar-refractivity contribution is 6.34. The van der Waals surface area contributed by atoms with Crippen LogP contribution in [0.25, 0.3) is 22.0 Å². The molecule has 0 saturated carbocycles. The summed E-state index contributed by atoms with van der Waals surface area (Å²) in [6, 6.07) is 12.4. The Morgan fingerprint density at radius 2 is 1.69 bits per heavy atom. The third kappa shape index (κ3) is 3.63. The fourth-order valence-electron chi connectivity index (χ4n) is 2.98. The summed E-state index contributed by atoms with van der Waals surface area (Å²) in [6.45, 7) is 0. The first-order chi connectivity index (χ1) is 13.7. The van der Waals surface area contributed by atoms with Crippen LogP contribution in [0, 0.1) is 11.6 Å². The Morgan fingerprint density at radius 3 is 2.38 bits per heavy atom. The van der Waals surface area contributed by atoms with Crippen molar-refractivity contribution in [1.82, 2.24) is 10.2 Å². The van der Waals surface area contributed by atoms with Crippen molar-refractivity contribution in [3.63, 3.8) is 0 Å². The van der Waals surface area contributed by atoms with Gasteiger partial charge in [-0.25, -0.2) is 8.78 Å². The lowest BCUT2D eigenvalue weighted by Gasteiger charge is -2.11. The van der Waals surface area contributed by atoms with E-state index in [0.29, 0.717) is 17.2 Å². The zero-order chi connectivity index (χ0) is 20.8. The van der Waals surface area contributed by atoms with Crippen LogP contribution in [-0.2, 0) is 6.18 Å². The SMILES string of the molecule is Fc1cc(Nc2n[nH]c3c(F)c(Cl)c(-c4ccccc4)cc23)cc(C(F)(F)F)c1. The number of nitrogens with one attached hydrogen (secondary N) is 2. The molecular formula is C20H11ClF5N3. The van der Waals surface area contributed by atoms with Crippen molar-refractivity contribution in [1.29, 1.82) is 0 Å². The van der Waals surface area contributed by atoms with Gasteiger partial charge in [0, 0.05) is 16.6 Å². The fraction of sp³-hybridized carbons (Fsp3) is 0.0500. The average Bonchev–Trinajstić information content (AvgIpc) is 3.07. The molecule has 29 heavy (non-hydrogen) atoms. The van der Waals surface area contributed by atoms with Gasteiger partial charge in [0.05, 0.1) is 10.6 Å². The van der Waals surface area contributed by atoms with Crippen LogP contribution in [0.15, 0.2) is 54.6 Å². The first-order valence-electron chi connectivity index (χ1n) is 8.30. The molecule has 0 fully saturated rings. The monoisotopic (exact) mass is 423 g/mol. The smallest absolute Gasteiger partial charge is 0.338 e. The van der Waals surface area contributed by atoms with E-state index in [0.717, 1.165) is 12.1 Å². The largest absolute Gasteiger partial charge is 0.416 e. The Hall–Kier alpha value is -3.13. The molecule has 1 heterocycles. The van der Waals surface area contributed by atoms with Crippen LogP contribution in [0.1, 0.15) is 5.56 Å². The minimum atomic E-state index is -4.72. The number of H-pyrrole nitrogens is 1. The summed E-state index contributed by atoms with van der Waals surface area (Å²) in [4.78, 5) is 0. The summed E-state index contributed by atoms with van der Waals surface area (Å²) in [7, 11) is 0. The lowest BCUT2D eigenvalue weighted by molar-refractivity contribution is -0.137. The van der Waals surface area contributed by atoms with E-state index >= 15 is 0 Å². The molecule has 0 bridgehead atoms. The van der Waals surface area contributed by atoms with Gasteiger partial charge in [-0.15, -0.1) is 0 Å². The second-order valence-corrected chi connectivity index (χ2v) is 6.64. The van der Waals surface area contributed by atoms with Gasteiger partial charge in [0.2, 0.25) is 0 Å². The van der Waals surface area contributed by atoms with Gasteiger partial charge in [-0.2, -0.15) is 18.3 Å². The third-order valence-electron chi connectivity index (χ3n) is 4.31. The maximum atomic E-state index is 14.7. The van der Waals surface area contributed by atoms with Gasteiger partial charge in [-0.05, 0) is 29.8 Å². The number of anilines is 2. The topological polar surface area (TPSA) is 40.7 Å². The summed E-state index contributed by atoms with van der Waals surface area (Å²) in [5, 5.41) is 9.12. The minimum absolute atomic E-state index is 0.0235. The standard InChI is InChI=1S/C20H11ClF5N3/c21-16-14(10-4-2-1-3-5-10)9-15-18(17(16)23)28-29-19(15)27-13-7-11(20(24,25)26)6-12(22)8-13/h1-9H,(H2,27,28,29).